The van der Waals surface area contributed by atoms with E-state index in [1.807, 2.05) is 0 Å². The molecule has 0 bridgehead atoms. The Balaban J connectivity index is 3.35. The molecular weight excluding hydrogens is 256 g/mol. The zero-order valence-corrected chi connectivity index (χ0v) is 11.3. The molecule has 100 valence electrons. The number of esters is 1. The van der Waals surface area contributed by atoms with Gasteiger partial charge in [-0.3, -0.25) is 0 Å². The molecule has 2 N–H and O–H groups in total. The number of primary sulfonamides is 1. The van der Waals surface area contributed by atoms with Crippen molar-refractivity contribution in [1.82, 2.24) is 0 Å². The van der Waals surface area contributed by atoms with Gasteiger partial charge < -0.3 is 9.64 Å². The zero-order chi connectivity index (χ0) is 13.9. The van der Waals surface area contributed by atoms with E-state index >= 15 is 0 Å². The Morgan fingerprint density at radius 2 is 2.00 bits per heavy atom. The van der Waals surface area contributed by atoms with E-state index in [9.17, 15) is 13.2 Å². The van der Waals surface area contributed by atoms with Crippen molar-refractivity contribution < 1.29 is 17.9 Å². The van der Waals surface area contributed by atoms with Gasteiger partial charge in [-0.15, -0.1) is 0 Å². The number of rotatable bonds is 4. The molecule has 6 nitrogen and oxygen atoms in total. The van der Waals surface area contributed by atoms with Crippen molar-refractivity contribution >= 4 is 21.7 Å². The van der Waals surface area contributed by atoms with Gasteiger partial charge in [0.25, 0.3) is 0 Å². The minimum Gasteiger partial charge on any atom is -0.462 e. The van der Waals surface area contributed by atoms with Crippen molar-refractivity contribution in [2.24, 2.45) is 5.14 Å². The lowest BCUT2D eigenvalue weighted by molar-refractivity contribution is 0.0526. The number of sulfonamides is 1. The molecule has 0 heterocycles. The molecule has 0 aliphatic heterocycles. The molecule has 0 aromatic heterocycles. The maximum atomic E-state index is 11.5. The summed E-state index contributed by atoms with van der Waals surface area (Å²) in [5.41, 5.74) is 0.581. The minimum atomic E-state index is -3.90. The molecule has 1 aromatic rings. The van der Waals surface area contributed by atoms with Crippen LogP contribution in [0.15, 0.2) is 23.1 Å². The predicted octanol–water partition coefficient (Wildman–Crippen LogP) is 0.577. The minimum absolute atomic E-state index is 0.0990. The van der Waals surface area contributed by atoms with Crippen molar-refractivity contribution in [3.05, 3.63) is 23.8 Å². The maximum absolute atomic E-state index is 11.5. The van der Waals surface area contributed by atoms with Crippen LogP contribution in [0.2, 0.25) is 0 Å². The Labute approximate surface area is 106 Å². The highest BCUT2D eigenvalue weighted by atomic mass is 32.2. The van der Waals surface area contributed by atoms with Gasteiger partial charge in [0.15, 0.2) is 0 Å². The van der Waals surface area contributed by atoms with Crippen LogP contribution in [0.5, 0.6) is 0 Å². The number of carbonyl (C=O) groups excluding carboxylic acids is 1. The van der Waals surface area contributed by atoms with Gasteiger partial charge in [-0.05, 0) is 25.1 Å². The smallest absolute Gasteiger partial charge is 0.338 e. The summed E-state index contributed by atoms with van der Waals surface area (Å²) >= 11 is 0. The van der Waals surface area contributed by atoms with E-state index in [4.69, 9.17) is 9.88 Å². The van der Waals surface area contributed by atoms with E-state index < -0.39 is 16.0 Å². The van der Waals surface area contributed by atoms with Gasteiger partial charge in [0.05, 0.1) is 17.9 Å². The highest BCUT2D eigenvalue weighted by molar-refractivity contribution is 7.89. The first-order valence-corrected chi connectivity index (χ1v) is 6.83. The number of benzene rings is 1. The summed E-state index contributed by atoms with van der Waals surface area (Å²) < 4.78 is 27.8. The maximum Gasteiger partial charge on any atom is 0.338 e. The molecule has 18 heavy (non-hydrogen) atoms. The molecule has 0 aliphatic carbocycles. The normalized spacial score (nSPS) is 11.1. The molecule has 0 saturated carbocycles. The molecular formula is C11H16N2O4S. The summed E-state index contributed by atoms with van der Waals surface area (Å²) in [7, 11) is -0.522. The van der Waals surface area contributed by atoms with Crippen molar-refractivity contribution in [3.63, 3.8) is 0 Å². The number of nitrogens with two attached hydrogens (primary N) is 1. The Kier molecular flexibility index (Phi) is 4.31. The van der Waals surface area contributed by atoms with Gasteiger partial charge in [-0.25, -0.2) is 18.4 Å². The summed E-state index contributed by atoms with van der Waals surface area (Å²) in [5, 5.41) is 5.13. The molecule has 0 radical (unpaired) electrons. The number of carbonyl (C=O) groups is 1. The second-order valence-electron chi connectivity index (χ2n) is 3.84. The summed E-state index contributed by atoms with van der Waals surface area (Å²) in [6.45, 7) is 1.89. The number of hydrogen-bond donors (Lipinski definition) is 1. The lowest BCUT2D eigenvalue weighted by atomic mass is 10.2. The SMILES string of the molecule is CCOC(=O)c1ccc(N(C)C)c(S(N)(=O)=O)c1. The third kappa shape index (κ3) is 3.21. The highest BCUT2D eigenvalue weighted by Crippen LogP contribution is 2.24. The number of anilines is 1. The van der Waals surface area contributed by atoms with Gasteiger partial charge in [-0.1, -0.05) is 0 Å². The van der Waals surface area contributed by atoms with Crippen LogP contribution in [0.1, 0.15) is 17.3 Å². The fourth-order valence-electron chi connectivity index (χ4n) is 1.45. The van der Waals surface area contributed by atoms with Gasteiger partial charge in [0.2, 0.25) is 10.0 Å². The van der Waals surface area contributed by atoms with Crippen LogP contribution in [-0.4, -0.2) is 35.1 Å². The first kappa shape index (κ1) is 14.5. The average Bonchev–Trinajstić information content (AvgIpc) is 2.27. The van der Waals surface area contributed by atoms with Gasteiger partial charge >= 0.3 is 5.97 Å². The van der Waals surface area contributed by atoms with Gasteiger partial charge in [-0.2, -0.15) is 0 Å². The molecule has 0 aliphatic rings. The van der Waals surface area contributed by atoms with Crippen LogP contribution in [0, 0.1) is 0 Å². The first-order valence-electron chi connectivity index (χ1n) is 5.28. The standard InChI is InChI=1S/C11H16N2O4S/c1-4-17-11(14)8-5-6-9(13(2)3)10(7-8)18(12,15)16/h5-7H,4H2,1-3H3,(H2,12,15,16). The van der Waals surface area contributed by atoms with Crippen LogP contribution >= 0.6 is 0 Å². The van der Waals surface area contributed by atoms with Crippen LogP contribution in [0.25, 0.3) is 0 Å². The van der Waals surface area contributed by atoms with E-state index in [1.165, 1.54) is 18.2 Å². The molecule has 0 fully saturated rings. The number of nitrogens with zero attached hydrogens (tertiary/aromatic N) is 1. The first-order chi connectivity index (χ1) is 8.27. The second kappa shape index (κ2) is 5.36. The monoisotopic (exact) mass is 272 g/mol. The van der Waals surface area contributed by atoms with E-state index in [2.05, 4.69) is 0 Å². The summed E-state index contributed by atoms with van der Waals surface area (Å²) in [6, 6.07) is 4.25. The van der Waals surface area contributed by atoms with Crippen LogP contribution in [-0.2, 0) is 14.8 Å². The van der Waals surface area contributed by atoms with Crippen LogP contribution in [0.4, 0.5) is 5.69 Å². The highest BCUT2D eigenvalue weighted by Gasteiger charge is 2.18. The molecule has 0 spiro atoms. The van der Waals surface area contributed by atoms with Gasteiger partial charge in [0.1, 0.15) is 4.90 Å². The van der Waals surface area contributed by atoms with Gasteiger partial charge in [0, 0.05) is 14.1 Å². The summed E-state index contributed by atoms with van der Waals surface area (Å²) in [6.07, 6.45) is 0. The lowest BCUT2D eigenvalue weighted by Crippen LogP contribution is -2.19. The quantitative estimate of drug-likeness (QED) is 0.810. The molecule has 0 amide bonds. The van der Waals surface area contributed by atoms with Crippen molar-refractivity contribution in [1.29, 1.82) is 0 Å². The largest absolute Gasteiger partial charge is 0.462 e. The summed E-state index contributed by atoms with van der Waals surface area (Å²) in [5.74, 6) is -0.576. The zero-order valence-electron chi connectivity index (χ0n) is 10.5. The summed E-state index contributed by atoms with van der Waals surface area (Å²) in [4.78, 5) is 13.0. The Hall–Kier alpha value is -1.60. The Morgan fingerprint density at radius 1 is 1.39 bits per heavy atom. The fraction of sp³-hybridized carbons (Fsp3) is 0.364. The lowest BCUT2D eigenvalue weighted by Gasteiger charge is -2.16. The van der Waals surface area contributed by atoms with Crippen molar-refractivity contribution in [3.8, 4) is 0 Å². The topological polar surface area (TPSA) is 89.7 Å². The van der Waals surface area contributed by atoms with E-state index in [-0.39, 0.29) is 17.1 Å². The van der Waals surface area contributed by atoms with E-state index in [0.29, 0.717) is 5.69 Å². The van der Waals surface area contributed by atoms with Crippen molar-refractivity contribution in [2.45, 2.75) is 11.8 Å². The Bertz CT molecular complexity index is 552. The average molecular weight is 272 g/mol. The molecule has 1 aromatic carbocycles. The third-order valence-electron chi connectivity index (χ3n) is 2.26. The van der Waals surface area contributed by atoms with E-state index in [0.717, 1.165) is 0 Å². The molecule has 7 heteroatoms. The third-order valence-corrected chi connectivity index (χ3v) is 3.20. The Morgan fingerprint density at radius 3 is 2.44 bits per heavy atom. The molecule has 0 saturated heterocycles. The predicted molar refractivity (Wildman–Crippen MR) is 68.1 cm³/mol. The molecule has 1 rings (SSSR count). The second-order valence-corrected chi connectivity index (χ2v) is 5.37. The molecule has 0 unspecified atom stereocenters. The molecule has 0 atom stereocenters. The van der Waals surface area contributed by atoms with Crippen LogP contribution in [0.3, 0.4) is 0 Å². The number of ether oxygens (including phenoxy) is 1. The van der Waals surface area contributed by atoms with Crippen molar-refractivity contribution in [2.75, 3.05) is 25.6 Å². The number of hydrogen-bond acceptors (Lipinski definition) is 5. The fourth-order valence-corrected chi connectivity index (χ4v) is 2.29. The van der Waals surface area contributed by atoms with E-state index in [1.54, 1.807) is 25.9 Å². The van der Waals surface area contributed by atoms with Crippen LogP contribution < -0.4 is 10.0 Å².